The lowest BCUT2D eigenvalue weighted by atomic mass is 9.95. The van der Waals surface area contributed by atoms with Gasteiger partial charge in [-0.25, -0.2) is 10.2 Å². The van der Waals surface area contributed by atoms with E-state index < -0.39 is 17.8 Å². The number of thiophene rings is 1. The van der Waals surface area contributed by atoms with Crippen molar-refractivity contribution in [2.45, 2.75) is 39.2 Å². The van der Waals surface area contributed by atoms with Gasteiger partial charge in [0.1, 0.15) is 17.4 Å². The summed E-state index contributed by atoms with van der Waals surface area (Å²) in [4.78, 5) is 38.1. The molecule has 0 saturated heterocycles. The largest absolute Gasteiger partial charge is 0.489 e. The Morgan fingerprint density at radius 1 is 1.06 bits per heavy atom. The number of fused-ring (bicyclic) bond motifs is 1. The van der Waals surface area contributed by atoms with Crippen LogP contribution in [0.4, 0.5) is 5.00 Å². The second-order valence-corrected chi connectivity index (χ2v) is 9.51. The minimum absolute atomic E-state index is 0.330. The molecule has 0 radical (unpaired) electrons. The maximum atomic E-state index is 12.5. The Morgan fingerprint density at radius 2 is 1.83 bits per heavy atom. The summed E-state index contributed by atoms with van der Waals surface area (Å²) in [5.74, 6) is -1.72. The van der Waals surface area contributed by atoms with Gasteiger partial charge in [0.15, 0.2) is 0 Å². The zero-order chi connectivity index (χ0) is 25.5. The maximum Gasteiger partial charge on any atom is 0.341 e. The van der Waals surface area contributed by atoms with Gasteiger partial charge < -0.3 is 14.8 Å². The molecule has 2 amide bonds. The molecule has 0 bridgehead atoms. The third-order valence-corrected chi connectivity index (χ3v) is 6.97. The Bertz CT molecular complexity index is 1300. The molecule has 8 nitrogen and oxygen atoms in total. The number of benzene rings is 2. The highest BCUT2D eigenvalue weighted by molar-refractivity contribution is 7.17. The van der Waals surface area contributed by atoms with E-state index >= 15 is 0 Å². The Labute approximate surface area is 213 Å². The van der Waals surface area contributed by atoms with Crippen LogP contribution in [0.2, 0.25) is 0 Å². The fourth-order valence-corrected chi connectivity index (χ4v) is 5.16. The van der Waals surface area contributed by atoms with Crippen molar-refractivity contribution in [3.8, 4) is 5.75 Å². The van der Waals surface area contributed by atoms with Crippen LogP contribution in [0.5, 0.6) is 5.75 Å². The number of rotatable bonds is 7. The number of carbonyl (C=O) groups excluding carboxylic acids is 3. The lowest BCUT2D eigenvalue weighted by Gasteiger charge is -2.11. The number of hydrazone groups is 1. The molecule has 0 spiro atoms. The van der Waals surface area contributed by atoms with Crippen molar-refractivity contribution in [3.63, 3.8) is 0 Å². The van der Waals surface area contributed by atoms with Gasteiger partial charge in [0, 0.05) is 4.88 Å². The molecule has 3 aromatic rings. The molecule has 0 aliphatic heterocycles. The van der Waals surface area contributed by atoms with Gasteiger partial charge in [-0.1, -0.05) is 42.0 Å². The summed E-state index contributed by atoms with van der Waals surface area (Å²) in [7, 11) is 1.30. The molecule has 0 atom stereocenters. The normalized spacial score (nSPS) is 12.6. The molecule has 36 heavy (non-hydrogen) atoms. The fraction of sp³-hybridized carbons (Fsp3) is 0.259. The zero-order valence-electron chi connectivity index (χ0n) is 20.1. The summed E-state index contributed by atoms with van der Waals surface area (Å²) < 4.78 is 10.7. The molecule has 0 fully saturated rings. The predicted octanol–water partition coefficient (Wildman–Crippen LogP) is 4.39. The number of carbonyl (C=O) groups is 3. The zero-order valence-corrected chi connectivity index (χ0v) is 20.9. The first-order valence-electron chi connectivity index (χ1n) is 11.6. The second-order valence-electron chi connectivity index (χ2n) is 8.41. The van der Waals surface area contributed by atoms with Gasteiger partial charge >= 0.3 is 17.8 Å². The lowest BCUT2D eigenvalue weighted by molar-refractivity contribution is -0.136. The standard InChI is InChI=1S/C27H27N3O5S/c1-17-10-12-18(13-11-17)16-35-20-7-5-6-19(14-20)15-28-30-25(32)24(31)29-26-23(27(33)34-2)21-8-3-4-9-22(21)36-26/h5-7,10-15H,3-4,8-9,16H2,1-2H3,(H,29,31)(H,30,32)/b28-15+. The molecule has 4 rings (SSSR count). The number of methoxy groups -OCH3 is 1. The SMILES string of the molecule is COC(=O)c1c(NC(=O)C(=O)N/N=C/c2cccc(OCc3ccc(C)cc3)c2)sc2c1CCCC2. The van der Waals surface area contributed by atoms with E-state index in [0.29, 0.717) is 28.5 Å². The molecule has 2 N–H and O–H groups in total. The van der Waals surface area contributed by atoms with Gasteiger partial charge in [-0.3, -0.25) is 9.59 Å². The van der Waals surface area contributed by atoms with Gasteiger partial charge in [-0.2, -0.15) is 5.10 Å². The monoisotopic (exact) mass is 505 g/mol. The highest BCUT2D eigenvalue weighted by atomic mass is 32.1. The quantitative estimate of drug-likeness (QED) is 0.214. The van der Waals surface area contributed by atoms with E-state index in [2.05, 4.69) is 15.8 Å². The number of nitrogens with one attached hydrogen (secondary N) is 2. The van der Waals surface area contributed by atoms with Crippen molar-refractivity contribution in [2.24, 2.45) is 5.10 Å². The number of ether oxygens (including phenoxy) is 2. The minimum atomic E-state index is -0.944. The summed E-state index contributed by atoms with van der Waals surface area (Å²) >= 11 is 1.31. The predicted molar refractivity (Wildman–Crippen MR) is 139 cm³/mol. The number of aryl methyl sites for hydroxylation is 2. The molecule has 1 aromatic heterocycles. The van der Waals surface area contributed by atoms with Gasteiger partial charge in [0.2, 0.25) is 0 Å². The number of amides is 2. The average molecular weight is 506 g/mol. The van der Waals surface area contributed by atoms with Crippen LogP contribution >= 0.6 is 11.3 Å². The summed E-state index contributed by atoms with van der Waals surface area (Å²) in [5.41, 5.74) is 6.39. The molecular formula is C27H27N3O5S. The molecule has 9 heteroatoms. The van der Waals surface area contributed by atoms with Gasteiger partial charge in [0.25, 0.3) is 0 Å². The van der Waals surface area contributed by atoms with Crippen molar-refractivity contribution >= 4 is 40.3 Å². The van der Waals surface area contributed by atoms with Crippen molar-refractivity contribution in [3.05, 3.63) is 81.2 Å². The van der Waals surface area contributed by atoms with Crippen LogP contribution in [-0.2, 0) is 33.8 Å². The molecule has 0 saturated carbocycles. The Morgan fingerprint density at radius 3 is 2.61 bits per heavy atom. The van der Waals surface area contributed by atoms with Crippen molar-refractivity contribution < 1.29 is 23.9 Å². The number of esters is 1. The molecule has 1 aliphatic carbocycles. The average Bonchev–Trinajstić information content (AvgIpc) is 3.26. The molecule has 1 heterocycles. The van der Waals surface area contributed by atoms with Gasteiger partial charge in [-0.05, 0) is 61.4 Å². The van der Waals surface area contributed by atoms with Crippen LogP contribution in [-0.4, -0.2) is 31.1 Å². The fourth-order valence-electron chi connectivity index (χ4n) is 3.88. The third kappa shape index (κ3) is 6.17. The first-order valence-corrected chi connectivity index (χ1v) is 12.4. The Hall–Kier alpha value is -3.98. The minimum Gasteiger partial charge on any atom is -0.489 e. The van der Waals surface area contributed by atoms with Gasteiger partial charge in [-0.15, -0.1) is 11.3 Å². The third-order valence-electron chi connectivity index (χ3n) is 5.76. The smallest absolute Gasteiger partial charge is 0.341 e. The summed E-state index contributed by atoms with van der Waals surface area (Å²) in [6.45, 7) is 2.46. The molecule has 2 aromatic carbocycles. The Balaban J connectivity index is 1.34. The van der Waals surface area contributed by atoms with E-state index in [9.17, 15) is 14.4 Å². The number of hydrogen-bond acceptors (Lipinski definition) is 7. The first kappa shape index (κ1) is 25.1. The number of nitrogens with zero attached hydrogens (tertiary/aromatic N) is 1. The highest BCUT2D eigenvalue weighted by Crippen LogP contribution is 2.38. The van der Waals surface area contributed by atoms with E-state index in [-0.39, 0.29) is 0 Å². The highest BCUT2D eigenvalue weighted by Gasteiger charge is 2.28. The Kier molecular flexibility index (Phi) is 8.12. The number of anilines is 1. The van der Waals surface area contributed by atoms with Crippen LogP contribution in [0.3, 0.4) is 0 Å². The van der Waals surface area contributed by atoms with E-state index in [0.717, 1.165) is 41.7 Å². The van der Waals surface area contributed by atoms with Crippen molar-refractivity contribution in [1.82, 2.24) is 5.43 Å². The molecular weight excluding hydrogens is 478 g/mol. The lowest BCUT2D eigenvalue weighted by Crippen LogP contribution is -2.32. The van der Waals surface area contributed by atoms with E-state index in [1.54, 1.807) is 12.1 Å². The molecule has 1 aliphatic rings. The summed E-state index contributed by atoms with van der Waals surface area (Å²) in [5, 5.41) is 6.76. The van der Waals surface area contributed by atoms with E-state index in [1.807, 2.05) is 43.3 Å². The number of hydrogen-bond donors (Lipinski definition) is 2. The summed E-state index contributed by atoms with van der Waals surface area (Å²) in [6.07, 6.45) is 5.00. The maximum absolute atomic E-state index is 12.5. The van der Waals surface area contributed by atoms with Crippen molar-refractivity contribution in [2.75, 3.05) is 12.4 Å². The van der Waals surface area contributed by atoms with E-state index in [1.165, 1.54) is 30.2 Å². The van der Waals surface area contributed by atoms with Gasteiger partial charge in [0.05, 0.1) is 18.9 Å². The topological polar surface area (TPSA) is 106 Å². The molecule has 186 valence electrons. The van der Waals surface area contributed by atoms with Crippen LogP contribution in [0.15, 0.2) is 53.6 Å². The van der Waals surface area contributed by atoms with Crippen LogP contribution in [0.25, 0.3) is 0 Å². The molecule has 0 unspecified atom stereocenters. The summed E-state index contributed by atoms with van der Waals surface area (Å²) in [6, 6.07) is 15.3. The van der Waals surface area contributed by atoms with Crippen LogP contribution < -0.4 is 15.5 Å². The van der Waals surface area contributed by atoms with Crippen molar-refractivity contribution in [1.29, 1.82) is 0 Å². The van der Waals surface area contributed by atoms with E-state index in [4.69, 9.17) is 9.47 Å². The van der Waals surface area contributed by atoms with Crippen LogP contribution in [0.1, 0.15) is 50.3 Å². The first-order chi connectivity index (χ1) is 17.4. The van der Waals surface area contributed by atoms with Crippen LogP contribution in [0, 0.1) is 6.92 Å². The second kappa shape index (κ2) is 11.6.